The monoisotopic (exact) mass is 276 g/mol. The molecule has 2 N–H and O–H groups in total. The largest absolute Gasteiger partial charge is 0.502 e. The normalized spacial score (nSPS) is 24.6. The lowest BCUT2D eigenvalue weighted by atomic mass is 9.92. The van der Waals surface area contributed by atoms with E-state index in [0.29, 0.717) is 23.6 Å². The first-order valence-electron chi connectivity index (χ1n) is 7.02. The molecule has 0 amide bonds. The van der Waals surface area contributed by atoms with E-state index in [1.54, 1.807) is 12.1 Å². The molecular formula is C15H20N2O3. The third kappa shape index (κ3) is 2.17. The highest BCUT2D eigenvalue weighted by atomic mass is 16.5. The van der Waals surface area contributed by atoms with Gasteiger partial charge in [-0.3, -0.25) is 4.99 Å². The van der Waals surface area contributed by atoms with Gasteiger partial charge in [-0.25, -0.2) is 0 Å². The van der Waals surface area contributed by atoms with Crippen LogP contribution in [0.2, 0.25) is 0 Å². The van der Waals surface area contributed by atoms with E-state index in [0.717, 1.165) is 17.8 Å². The van der Waals surface area contributed by atoms with Crippen molar-refractivity contribution in [2.75, 3.05) is 14.2 Å². The van der Waals surface area contributed by atoms with E-state index < -0.39 is 0 Å². The molecule has 2 aliphatic rings. The lowest BCUT2D eigenvalue weighted by molar-refractivity contribution is 0.339. The average Bonchev–Trinajstić information content (AvgIpc) is 2.91. The first-order valence-corrected chi connectivity index (χ1v) is 7.02. The summed E-state index contributed by atoms with van der Waals surface area (Å²) >= 11 is 0. The molecule has 20 heavy (non-hydrogen) atoms. The molecule has 1 aliphatic heterocycles. The van der Waals surface area contributed by atoms with E-state index in [1.807, 2.05) is 0 Å². The number of methoxy groups -OCH3 is 2. The van der Waals surface area contributed by atoms with Gasteiger partial charge in [-0.2, -0.15) is 0 Å². The van der Waals surface area contributed by atoms with Crippen LogP contribution in [0.25, 0.3) is 0 Å². The van der Waals surface area contributed by atoms with Crippen LogP contribution in [-0.2, 0) is 0 Å². The summed E-state index contributed by atoms with van der Waals surface area (Å²) in [5.74, 6) is 1.70. The topological polar surface area (TPSA) is 63.1 Å². The number of hydrogen-bond acceptors (Lipinski definition) is 5. The van der Waals surface area contributed by atoms with Gasteiger partial charge in [-0.05, 0) is 25.0 Å². The highest BCUT2D eigenvalue weighted by molar-refractivity contribution is 6.01. The summed E-state index contributed by atoms with van der Waals surface area (Å²) < 4.78 is 10.4. The molecule has 1 aliphatic carbocycles. The Morgan fingerprint density at radius 3 is 2.40 bits per heavy atom. The van der Waals surface area contributed by atoms with Crippen LogP contribution >= 0.6 is 0 Å². The van der Waals surface area contributed by atoms with E-state index in [-0.39, 0.29) is 5.75 Å². The lowest BCUT2D eigenvalue weighted by Gasteiger charge is -2.23. The van der Waals surface area contributed by atoms with Gasteiger partial charge in [0.15, 0.2) is 11.5 Å². The van der Waals surface area contributed by atoms with Crippen molar-refractivity contribution in [3.63, 3.8) is 0 Å². The second kappa shape index (κ2) is 5.23. The average molecular weight is 276 g/mol. The number of rotatable bonds is 3. The summed E-state index contributed by atoms with van der Waals surface area (Å²) in [6, 6.07) is 4.41. The number of aliphatic imine (C=N–C) groups is 1. The van der Waals surface area contributed by atoms with Crippen LogP contribution in [-0.4, -0.2) is 37.2 Å². The molecule has 5 nitrogen and oxygen atoms in total. The van der Waals surface area contributed by atoms with E-state index in [9.17, 15) is 5.11 Å². The molecule has 0 aromatic heterocycles. The maximum atomic E-state index is 9.95. The van der Waals surface area contributed by atoms with Gasteiger partial charge in [0, 0.05) is 11.6 Å². The number of phenolic OH excluding ortho intramolecular Hbond substituents is 1. The van der Waals surface area contributed by atoms with Crippen molar-refractivity contribution in [3.05, 3.63) is 17.7 Å². The minimum Gasteiger partial charge on any atom is -0.502 e. The van der Waals surface area contributed by atoms with Crippen molar-refractivity contribution in [3.8, 4) is 17.2 Å². The van der Waals surface area contributed by atoms with Crippen LogP contribution in [0, 0.1) is 0 Å². The first kappa shape index (κ1) is 13.1. The van der Waals surface area contributed by atoms with Crippen molar-refractivity contribution >= 4 is 5.84 Å². The summed E-state index contributed by atoms with van der Waals surface area (Å²) in [5.41, 5.74) is 0.894. The predicted octanol–water partition coefficient (Wildman–Crippen LogP) is 2.07. The Kier molecular flexibility index (Phi) is 3.42. The van der Waals surface area contributed by atoms with Crippen molar-refractivity contribution in [1.29, 1.82) is 0 Å². The molecule has 1 saturated carbocycles. The number of phenols is 1. The molecule has 0 saturated heterocycles. The maximum absolute atomic E-state index is 9.95. The molecule has 0 spiro atoms. The number of hydrogen-bond donors (Lipinski definition) is 2. The highest BCUT2D eigenvalue weighted by Crippen LogP contribution is 2.38. The van der Waals surface area contributed by atoms with Crippen LogP contribution in [0.5, 0.6) is 17.2 Å². The smallest absolute Gasteiger partial charge is 0.200 e. The maximum Gasteiger partial charge on any atom is 0.200 e. The number of nitrogens with one attached hydrogen (secondary N) is 1. The Morgan fingerprint density at radius 2 is 1.80 bits per heavy atom. The van der Waals surface area contributed by atoms with Gasteiger partial charge in [0.05, 0.1) is 20.3 Å². The van der Waals surface area contributed by atoms with Crippen molar-refractivity contribution in [2.45, 2.75) is 37.8 Å². The van der Waals surface area contributed by atoms with E-state index >= 15 is 0 Å². The lowest BCUT2D eigenvalue weighted by Crippen LogP contribution is -2.37. The SMILES string of the molecule is COc1cc(C2=NC3CCCCC3N2)cc(OC)c1O. The summed E-state index contributed by atoms with van der Waals surface area (Å²) in [7, 11) is 3.06. The number of amidine groups is 1. The van der Waals surface area contributed by atoms with E-state index in [2.05, 4.69) is 5.32 Å². The number of fused-ring (bicyclic) bond motifs is 1. The second-order valence-electron chi connectivity index (χ2n) is 5.31. The van der Waals surface area contributed by atoms with Gasteiger partial charge in [0.25, 0.3) is 0 Å². The van der Waals surface area contributed by atoms with Gasteiger partial charge >= 0.3 is 0 Å². The fourth-order valence-corrected chi connectivity index (χ4v) is 3.00. The zero-order valence-electron chi connectivity index (χ0n) is 11.8. The quantitative estimate of drug-likeness (QED) is 0.887. The van der Waals surface area contributed by atoms with Gasteiger partial charge in [0.2, 0.25) is 5.75 Å². The molecule has 1 fully saturated rings. The van der Waals surface area contributed by atoms with Gasteiger partial charge in [-0.15, -0.1) is 0 Å². The fourth-order valence-electron chi connectivity index (χ4n) is 3.00. The van der Waals surface area contributed by atoms with Crippen molar-refractivity contribution in [1.82, 2.24) is 5.32 Å². The molecule has 108 valence electrons. The number of benzene rings is 1. The molecule has 1 aromatic rings. The molecule has 0 bridgehead atoms. The Morgan fingerprint density at radius 1 is 1.15 bits per heavy atom. The third-order valence-electron chi connectivity index (χ3n) is 4.10. The third-order valence-corrected chi connectivity index (χ3v) is 4.10. The molecule has 0 radical (unpaired) electrons. The van der Waals surface area contributed by atoms with Crippen molar-refractivity contribution < 1.29 is 14.6 Å². The highest BCUT2D eigenvalue weighted by Gasteiger charge is 2.31. The Bertz CT molecular complexity index is 517. The van der Waals surface area contributed by atoms with Gasteiger partial charge in [0.1, 0.15) is 5.84 Å². The molecule has 2 unspecified atom stereocenters. The van der Waals surface area contributed by atoms with Crippen LogP contribution in [0.4, 0.5) is 0 Å². The van der Waals surface area contributed by atoms with Crippen LogP contribution in [0.3, 0.4) is 0 Å². The van der Waals surface area contributed by atoms with E-state index in [4.69, 9.17) is 14.5 Å². The minimum atomic E-state index is 0.0229. The van der Waals surface area contributed by atoms with Crippen LogP contribution < -0.4 is 14.8 Å². The summed E-state index contributed by atoms with van der Waals surface area (Å²) in [6.07, 6.45) is 4.83. The standard InChI is InChI=1S/C15H20N2O3/c1-19-12-7-9(8-13(20-2)14(12)18)15-16-10-5-3-4-6-11(10)17-15/h7-8,10-11,18H,3-6H2,1-2H3,(H,16,17). The predicted molar refractivity (Wildman–Crippen MR) is 76.9 cm³/mol. The summed E-state index contributed by atoms with van der Waals surface area (Å²) in [5, 5.41) is 13.4. The van der Waals surface area contributed by atoms with Gasteiger partial charge < -0.3 is 19.9 Å². The molecule has 1 aromatic carbocycles. The number of ether oxygens (including phenoxy) is 2. The van der Waals surface area contributed by atoms with Crippen LogP contribution in [0.1, 0.15) is 31.2 Å². The number of nitrogens with zero attached hydrogens (tertiary/aromatic N) is 1. The second-order valence-corrected chi connectivity index (χ2v) is 5.31. The molecular weight excluding hydrogens is 256 g/mol. The number of aromatic hydroxyl groups is 1. The first-order chi connectivity index (χ1) is 9.72. The molecule has 5 heteroatoms. The molecule has 3 rings (SSSR count). The zero-order chi connectivity index (χ0) is 14.1. The summed E-state index contributed by atoms with van der Waals surface area (Å²) in [6.45, 7) is 0. The van der Waals surface area contributed by atoms with Crippen LogP contribution in [0.15, 0.2) is 17.1 Å². The summed E-state index contributed by atoms with van der Waals surface area (Å²) in [4.78, 5) is 4.77. The molecule has 2 atom stereocenters. The molecule has 1 heterocycles. The van der Waals surface area contributed by atoms with Crippen molar-refractivity contribution in [2.24, 2.45) is 4.99 Å². The van der Waals surface area contributed by atoms with Gasteiger partial charge in [-0.1, -0.05) is 12.8 Å². The Labute approximate surface area is 118 Å². The fraction of sp³-hybridized carbons (Fsp3) is 0.533. The minimum absolute atomic E-state index is 0.0229. The van der Waals surface area contributed by atoms with E-state index in [1.165, 1.54) is 33.5 Å². The Balaban J connectivity index is 1.94. The zero-order valence-corrected chi connectivity index (χ0v) is 11.8. The Hall–Kier alpha value is -1.91.